The third kappa shape index (κ3) is 3.38. The first kappa shape index (κ1) is 20.3. The molecule has 3 aliphatic heterocycles. The number of thiazole rings is 1. The fraction of sp³-hybridized carbons (Fsp3) is 0.727. The maximum absolute atomic E-state index is 12.9. The van der Waals surface area contributed by atoms with Gasteiger partial charge in [0, 0.05) is 79.6 Å². The summed E-state index contributed by atoms with van der Waals surface area (Å²) in [5.41, 5.74) is 0.475. The van der Waals surface area contributed by atoms with E-state index in [1.54, 1.807) is 6.20 Å². The van der Waals surface area contributed by atoms with Gasteiger partial charge in [-0.1, -0.05) is 0 Å². The number of alkyl halides is 2. The Balaban J connectivity index is 0.845. The Bertz CT molecular complexity index is 1070. The summed E-state index contributed by atoms with van der Waals surface area (Å²) in [5, 5.41) is 7.44. The van der Waals surface area contributed by atoms with Gasteiger partial charge in [-0.05, 0) is 25.7 Å². The molecule has 3 saturated heterocycles. The Morgan fingerprint density at radius 2 is 1.79 bits per heavy atom. The van der Waals surface area contributed by atoms with Crippen molar-refractivity contribution in [2.24, 2.45) is 10.8 Å². The van der Waals surface area contributed by atoms with Gasteiger partial charge in [0.25, 0.3) is 6.43 Å². The zero-order valence-electron chi connectivity index (χ0n) is 18.3. The first-order chi connectivity index (χ1) is 15.9. The number of aromatic nitrogens is 4. The molecule has 176 valence electrons. The van der Waals surface area contributed by atoms with Gasteiger partial charge in [-0.15, -0.1) is 11.3 Å². The molecular weight excluding hydrogens is 448 g/mol. The van der Waals surface area contributed by atoms with Crippen molar-refractivity contribution in [1.82, 2.24) is 34.9 Å². The Morgan fingerprint density at radius 1 is 1.09 bits per heavy atom. The Hall–Kier alpha value is -2.14. The van der Waals surface area contributed by atoms with Gasteiger partial charge in [-0.2, -0.15) is 5.10 Å². The fourth-order valence-electron chi connectivity index (χ4n) is 6.36. The third-order valence-corrected chi connectivity index (χ3v) is 9.10. The normalized spacial score (nSPS) is 25.8. The molecule has 5 heterocycles. The van der Waals surface area contributed by atoms with Crippen molar-refractivity contribution in [3.05, 3.63) is 27.7 Å². The molecule has 0 bridgehead atoms. The van der Waals surface area contributed by atoms with Crippen LogP contribution in [0.25, 0.3) is 0 Å². The zero-order valence-corrected chi connectivity index (χ0v) is 19.2. The second-order valence-electron chi connectivity index (χ2n) is 11.1. The van der Waals surface area contributed by atoms with Crippen LogP contribution in [0.15, 0.2) is 6.20 Å². The molecule has 7 rings (SSSR count). The minimum absolute atomic E-state index is 0.102. The lowest BCUT2D eigenvalue weighted by atomic mass is 9.57. The highest BCUT2D eigenvalue weighted by molar-refractivity contribution is 7.11. The van der Waals surface area contributed by atoms with E-state index >= 15 is 0 Å². The minimum atomic E-state index is -2.49. The van der Waals surface area contributed by atoms with Crippen LogP contribution in [0.1, 0.15) is 65.5 Å². The molecule has 0 atom stereocenters. The number of nitrogens with one attached hydrogen (secondary N) is 1. The van der Waals surface area contributed by atoms with Crippen LogP contribution >= 0.6 is 11.3 Å². The number of hydrogen-bond acceptors (Lipinski definition) is 6. The maximum atomic E-state index is 12.9. The predicted molar refractivity (Wildman–Crippen MR) is 116 cm³/mol. The van der Waals surface area contributed by atoms with Crippen molar-refractivity contribution in [1.29, 1.82) is 0 Å². The smallest absolute Gasteiger partial charge is 0.320 e. The SMILES string of the molecule is O=C(N1CC2(CC(c3n[nH]c(C4CC4)n3)C2)C1)N1CC2(CN(Cc3cnc(C(F)F)s3)C2)C1. The van der Waals surface area contributed by atoms with E-state index in [1.807, 2.05) is 9.80 Å². The van der Waals surface area contributed by atoms with E-state index in [4.69, 9.17) is 4.98 Å². The van der Waals surface area contributed by atoms with Gasteiger partial charge >= 0.3 is 6.03 Å². The second kappa shape index (κ2) is 6.94. The van der Waals surface area contributed by atoms with Crippen molar-refractivity contribution >= 4 is 17.4 Å². The van der Waals surface area contributed by atoms with Gasteiger partial charge in [0.05, 0.1) is 0 Å². The number of carbonyl (C=O) groups is 1. The highest BCUT2D eigenvalue weighted by atomic mass is 32.1. The van der Waals surface area contributed by atoms with Gasteiger partial charge in [0.1, 0.15) is 5.82 Å². The van der Waals surface area contributed by atoms with Crippen LogP contribution < -0.4 is 0 Å². The van der Waals surface area contributed by atoms with Crippen LogP contribution in [0.3, 0.4) is 0 Å². The molecule has 2 spiro atoms. The molecule has 2 aliphatic carbocycles. The van der Waals surface area contributed by atoms with Crippen molar-refractivity contribution in [2.45, 2.75) is 50.5 Å². The maximum Gasteiger partial charge on any atom is 0.320 e. The lowest BCUT2D eigenvalue weighted by Gasteiger charge is -2.63. The molecule has 5 aliphatic rings. The van der Waals surface area contributed by atoms with Crippen LogP contribution in [0.4, 0.5) is 13.6 Å². The Labute approximate surface area is 194 Å². The van der Waals surface area contributed by atoms with Crippen molar-refractivity contribution in [2.75, 3.05) is 39.3 Å². The quantitative estimate of drug-likeness (QED) is 0.718. The van der Waals surface area contributed by atoms with Gasteiger partial charge < -0.3 is 9.80 Å². The van der Waals surface area contributed by atoms with Crippen LogP contribution in [0.2, 0.25) is 0 Å². The third-order valence-electron chi connectivity index (χ3n) is 8.11. The number of nitrogens with zero attached hydrogens (tertiary/aromatic N) is 6. The number of urea groups is 1. The molecule has 5 fully saturated rings. The molecule has 1 N–H and O–H groups in total. The second-order valence-corrected chi connectivity index (χ2v) is 12.2. The van der Waals surface area contributed by atoms with E-state index in [2.05, 4.69) is 20.1 Å². The van der Waals surface area contributed by atoms with E-state index < -0.39 is 6.43 Å². The topological polar surface area (TPSA) is 81.2 Å². The summed E-state index contributed by atoms with van der Waals surface area (Å²) in [6.07, 6.45) is 3.69. The fourth-order valence-corrected chi connectivity index (χ4v) is 7.18. The van der Waals surface area contributed by atoms with E-state index in [0.29, 0.717) is 18.4 Å². The van der Waals surface area contributed by atoms with E-state index in [-0.39, 0.29) is 21.9 Å². The Morgan fingerprint density at radius 3 is 2.42 bits per heavy atom. The molecule has 2 aromatic heterocycles. The number of amides is 2. The minimum Gasteiger partial charge on any atom is -0.323 e. The lowest BCUT2D eigenvalue weighted by molar-refractivity contribution is -0.116. The molecule has 2 amide bonds. The van der Waals surface area contributed by atoms with E-state index in [1.165, 1.54) is 12.8 Å². The summed E-state index contributed by atoms with van der Waals surface area (Å²) >= 11 is 1.09. The van der Waals surface area contributed by atoms with Crippen molar-refractivity contribution in [3.63, 3.8) is 0 Å². The average molecular weight is 476 g/mol. The number of rotatable bonds is 5. The summed E-state index contributed by atoms with van der Waals surface area (Å²) < 4.78 is 25.4. The summed E-state index contributed by atoms with van der Waals surface area (Å²) in [6.45, 7) is 5.84. The molecular formula is C22H27F2N7OS. The lowest BCUT2D eigenvalue weighted by Crippen LogP contribution is -2.75. The van der Waals surface area contributed by atoms with Gasteiger partial charge in [-0.25, -0.2) is 23.5 Å². The van der Waals surface area contributed by atoms with E-state index in [9.17, 15) is 13.6 Å². The Kier molecular flexibility index (Phi) is 4.26. The van der Waals surface area contributed by atoms with Crippen LogP contribution in [-0.4, -0.2) is 80.2 Å². The van der Waals surface area contributed by atoms with Crippen LogP contribution in [0.5, 0.6) is 0 Å². The standard InChI is InChI=1S/C22H27F2N7OS/c23-16(24)19-25-5-15(33-19)6-29-7-22(8-29)11-31(12-22)20(32)30-9-21(10-30)3-14(4-21)18-26-17(27-28-18)13-1-2-13/h5,13-14,16H,1-4,6-12H2,(H,26,27,28). The van der Waals surface area contributed by atoms with Gasteiger partial charge in [0.15, 0.2) is 10.8 Å². The largest absolute Gasteiger partial charge is 0.323 e. The molecule has 11 heteroatoms. The predicted octanol–water partition coefficient (Wildman–Crippen LogP) is 3.19. The summed E-state index contributed by atoms with van der Waals surface area (Å²) in [4.78, 5) is 28.5. The molecule has 33 heavy (non-hydrogen) atoms. The van der Waals surface area contributed by atoms with Crippen molar-refractivity contribution < 1.29 is 13.6 Å². The number of likely N-dealkylation sites (tertiary alicyclic amines) is 3. The monoisotopic (exact) mass is 475 g/mol. The highest BCUT2D eigenvalue weighted by Crippen LogP contribution is 2.56. The molecule has 0 aromatic carbocycles. The van der Waals surface area contributed by atoms with Crippen LogP contribution in [0, 0.1) is 10.8 Å². The number of carbonyl (C=O) groups excluding carboxylic acids is 1. The number of H-pyrrole nitrogens is 1. The van der Waals surface area contributed by atoms with Crippen LogP contribution in [-0.2, 0) is 6.54 Å². The molecule has 2 saturated carbocycles. The first-order valence-electron chi connectivity index (χ1n) is 11.8. The number of halogens is 2. The summed E-state index contributed by atoms with van der Waals surface area (Å²) in [5.74, 6) is 3.07. The number of aromatic amines is 1. The molecule has 8 nitrogen and oxygen atoms in total. The summed E-state index contributed by atoms with van der Waals surface area (Å²) in [7, 11) is 0. The first-order valence-corrected chi connectivity index (χ1v) is 12.6. The molecule has 0 unspecified atom stereocenters. The van der Waals surface area contributed by atoms with Gasteiger partial charge in [0.2, 0.25) is 0 Å². The highest BCUT2D eigenvalue weighted by Gasteiger charge is 2.58. The van der Waals surface area contributed by atoms with Crippen molar-refractivity contribution in [3.8, 4) is 0 Å². The zero-order chi connectivity index (χ0) is 22.4. The molecule has 0 radical (unpaired) electrons. The average Bonchev–Trinajstić information content (AvgIpc) is 3.20. The van der Waals surface area contributed by atoms with E-state index in [0.717, 1.165) is 80.0 Å². The van der Waals surface area contributed by atoms with Gasteiger partial charge in [-0.3, -0.25) is 10.00 Å². The molecule has 2 aromatic rings. The number of hydrogen-bond donors (Lipinski definition) is 1. The summed E-state index contributed by atoms with van der Waals surface area (Å²) in [6, 6.07) is 0.172.